The summed E-state index contributed by atoms with van der Waals surface area (Å²) in [6.45, 7) is 0.310. The first-order valence-electron chi connectivity index (χ1n) is 5.98. The second-order valence-corrected chi connectivity index (χ2v) is 7.40. The molecule has 0 heterocycles. The van der Waals surface area contributed by atoms with Crippen LogP contribution in [0.15, 0.2) is 41.3 Å². The van der Waals surface area contributed by atoms with E-state index in [0.717, 1.165) is 11.9 Å². The minimum atomic E-state index is -3.21. The summed E-state index contributed by atoms with van der Waals surface area (Å²) in [5.74, 6) is -0.0266. The van der Waals surface area contributed by atoms with E-state index < -0.39 is 9.84 Å². The summed E-state index contributed by atoms with van der Waals surface area (Å²) in [7, 11) is -3.21. The molecular weight excluding hydrogens is 333 g/mol. The van der Waals surface area contributed by atoms with Crippen LogP contribution in [0, 0.1) is 0 Å². The second kappa shape index (κ2) is 6.13. The van der Waals surface area contributed by atoms with E-state index in [9.17, 15) is 13.5 Å². The minimum Gasteiger partial charge on any atom is -0.506 e. The highest BCUT2D eigenvalue weighted by atomic mass is 35.5. The molecule has 112 valence electrons. The van der Waals surface area contributed by atoms with E-state index in [1.165, 1.54) is 18.2 Å². The van der Waals surface area contributed by atoms with Crippen molar-refractivity contribution >= 4 is 38.7 Å². The van der Waals surface area contributed by atoms with E-state index in [-0.39, 0.29) is 15.7 Å². The lowest BCUT2D eigenvalue weighted by molar-refractivity contribution is 0.469. The lowest BCUT2D eigenvalue weighted by atomic mass is 10.2. The van der Waals surface area contributed by atoms with Crippen molar-refractivity contribution in [2.75, 3.05) is 11.6 Å². The fourth-order valence-electron chi connectivity index (χ4n) is 1.77. The van der Waals surface area contributed by atoms with Crippen LogP contribution in [0.1, 0.15) is 5.56 Å². The number of aromatic hydroxyl groups is 1. The molecule has 0 atom stereocenters. The Bertz CT molecular complexity index is 759. The van der Waals surface area contributed by atoms with Crippen molar-refractivity contribution in [1.82, 2.24) is 0 Å². The van der Waals surface area contributed by atoms with E-state index in [0.29, 0.717) is 17.1 Å². The molecule has 0 amide bonds. The molecule has 2 N–H and O–H groups in total. The zero-order valence-electron chi connectivity index (χ0n) is 11.1. The van der Waals surface area contributed by atoms with Crippen molar-refractivity contribution in [2.24, 2.45) is 0 Å². The Morgan fingerprint density at radius 2 is 1.76 bits per heavy atom. The van der Waals surface area contributed by atoms with E-state index in [1.807, 2.05) is 0 Å². The summed E-state index contributed by atoms with van der Waals surface area (Å²) in [5.41, 5.74) is 1.28. The third-order valence-electron chi connectivity index (χ3n) is 2.87. The molecule has 0 spiro atoms. The summed E-state index contributed by atoms with van der Waals surface area (Å²) >= 11 is 11.7. The van der Waals surface area contributed by atoms with Gasteiger partial charge in [-0.3, -0.25) is 0 Å². The van der Waals surface area contributed by atoms with Gasteiger partial charge in [-0.05, 0) is 36.4 Å². The molecule has 2 aromatic carbocycles. The van der Waals surface area contributed by atoms with Crippen LogP contribution >= 0.6 is 23.2 Å². The molecule has 0 fully saturated rings. The smallest absolute Gasteiger partial charge is 0.175 e. The van der Waals surface area contributed by atoms with Gasteiger partial charge in [-0.1, -0.05) is 23.2 Å². The minimum absolute atomic E-state index is 0.0266. The van der Waals surface area contributed by atoms with Crippen LogP contribution in [0.25, 0.3) is 0 Å². The number of nitrogens with one attached hydrogen (secondary N) is 1. The maximum atomic E-state index is 11.4. The number of hydrogen-bond acceptors (Lipinski definition) is 4. The van der Waals surface area contributed by atoms with Gasteiger partial charge in [0.15, 0.2) is 9.84 Å². The fraction of sp³-hybridized carbons (Fsp3) is 0.143. The Kier molecular flexibility index (Phi) is 4.66. The van der Waals surface area contributed by atoms with Crippen molar-refractivity contribution in [3.63, 3.8) is 0 Å². The predicted octanol–water partition coefficient (Wildman–Crippen LogP) is 3.71. The maximum Gasteiger partial charge on any atom is 0.175 e. The Balaban J connectivity index is 2.14. The van der Waals surface area contributed by atoms with Crippen molar-refractivity contribution in [2.45, 2.75) is 11.4 Å². The van der Waals surface area contributed by atoms with Gasteiger partial charge in [-0.2, -0.15) is 0 Å². The van der Waals surface area contributed by atoms with Crippen LogP contribution in [0.5, 0.6) is 5.75 Å². The van der Waals surface area contributed by atoms with Crippen molar-refractivity contribution in [3.05, 3.63) is 52.0 Å². The van der Waals surface area contributed by atoms with Crippen LogP contribution in [-0.2, 0) is 16.4 Å². The SMILES string of the molecule is CS(=O)(=O)c1ccc(NCc2cc(Cl)cc(Cl)c2O)cc1. The average molecular weight is 346 g/mol. The molecule has 0 aromatic heterocycles. The van der Waals surface area contributed by atoms with Crippen molar-refractivity contribution in [1.29, 1.82) is 0 Å². The topological polar surface area (TPSA) is 66.4 Å². The van der Waals surface area contributed by atoms with Gasteiger partial charge in [0, 0.05) is 29.1 Å². The van der Waals surface area contributed by atoms with Gasteiger partial charge in [0.1, 0.15) is 5.75 Å². The summed E-state index contributed by atoms with van der Waals surface area (Å²) in [5, 5.41) is 13.5. The lowest BCUT2D eigenvalue weighted by Gasteiger charge is -2.10. The number of anilines is 1. The van der Waals surface area contributed by atoms with Crippen molar-refractivity contribution in [3.8, 4) is 5.75 Å². The highest BCUT2D eigenvalue weighted by molar-refractivity contribution is 7.90. The lowest BCUT2D eigenvalue weighted by Crippen LogP contribution is -2.01. The molecule has 0 aliphatic heterocycles. The second-order valence-electron chi connectivity index (χ2n) is 4.55. The maximum absolute atomic E-state index is 11.4. The van der Waals surface area contributed by atoms with Gasteiger partial charge in [0.2, 0.25) is 0 Å². The first-order chi connectivity index (χ1) is 9.77. The molecule has 2 aromatic rings. The molecule has 0 saturated heterocycles. The number of phenols is 1. The molecule has 0 radical (unpaired) electrons. The number of phenolic OH excluding ortho intramolecular Hbond substituents is 1. The zero-order chi connectivity index (χ0) is 15.6. The summed E-state index contributed by atoms with van der Waals surface area (Å²) in [6.07, 6.45) is 1.15. The monoisotopic (exact) mass is 345 g/mol. The number of hydrogen-bond donors (Lipinski definition) is 2. The Labute approximate surface area is 133 Å². The Morgan fingerprint density at radius 3 is 2.33 bits per heavy atom. The summed E-state index contributed by atoms with van der Waals surface area (Å²) in [4.78, 5) is 0.252. The van der Waals surface area contributed by atoms with Crippen LogP contribution in [0.4, 0.5) is 5.69 Å². The summed E-state index contributed by atoms with van der Waals surface area (Å²) in [6, 6.07) is 9.41. The first kappa shape index (κ1) is 15.9. The first-order valence-corrected chi connectivity index (χ1v) is 8.63. The van der Waals surface area contributed by atoms with Crippen LogP contribution in [0.2, 0.25) is 10.0 Å². The van der Waals surface area contributed by atoms with E-state index in [4.69, 9.17) is 23.2 Å². The standard InChI is InChI=1S/C14H13Cl2NO3S/c1-21(19,20)12-4-2-11(3-5-12)17-8-9-6-10(15)7-13(16)14(9)18/h2-7,17-18H,8H2,1H3. The fourth-order valence-corrected chi connectivity index (χ4v) is 2.94. The number of halogens is 2. The van der Waals surface area contributed by atoms with Crippen LogP contribution < -0.4 is 5.32 Å². The Hall–Kier alpha value is -1.43. The quantitative estimate of drug-likeness (QED) is 0.886. The largest absolute Gasteiger partial charge is 0.506 e. The molecule has 0 aliphatic rings. The Morgan fingerprint density at radius 1 is 1.14 bits per heavy atom. The van der Waals surface area contributed by atoms with Gasteiger partial charge >= 0.3 is 0 Å². The van der Waals surface area contributed by atoms with Crippen LogP contribution in [0.3, 0.4) is 0 Å². The molecule has 0 unspecified atom stereocenters. The molecule has 21 heavy (non-hydrogen) atoms. The van der Waals surface area contributed by atoms with Gasteiger partial charge in [0.05, 0.1) is 9.92 Å². The third-order valence-corrected chi connectivity index (χ3v) is 4.51. The van der Waals surface area contributed by atoms with Crippen LogP contribution in [-0.4, -0.2) is 19.8 Å². The molecule has 7 heteroatoms. The van der Waals surface area contributed by atoms with Crippen molar-refractivity contribution < 1.29 is 13.5 Å². The molecule has 2 rings (SSSR count). The molecule has 0 saturated carbocycles. The van der Waals surface area contributed by atoms with Gasteiger partial charge in [0.25, 0.3) is 0 Å². The third kappa shape index (κ3) is 4.03. The molecular formula is C14H13Cl2NO3S. The van der Waals surface area contributed by atoms with Gasteiger partial charge < -0.3 is 10.4 Å². The number of rotatable bonds is 4. The summed E-state index contributed by atoms with van der Waals surface area (Å²) < 4.78 is 22.7. The van der Waals surface area contributed by atoms with Gasteiger partial charge in [-0.15, -0.1) is 0 Å². The van der Waals surface area contributed by atoms with E-state index in [2.05, 4.69) is 5.32 Å². The zero-order valence-corrected chi connectivity index (χ0v) is 13.4. The molecule has 0 aliphatic carbocycles. The average Bonchev–Trinajstić information content (AvgIpc) is 2.40. The molecule has 4 nitrogen and oxygen atoms in total. The highest BCUT2D eigenvalue weighted by Crippen LogP contribution is 2.31. The van der Waals surface area contributed by atoms with Gasteiger partial charge in [-0.25, -0.2) is 8.42 Å². The number of benzene rings is 2. The van der Waals surface area contributed by atoms with E-state index >= 15 is 0 Å². The normalized spacial score (nSPS) is 11.4. The molecule has 0 bridgehead atoms. The highest BCUT2D eigenvalue weighted by Gasteiger charge is 2.09. The van der Waals surface area contributed by atoms with E-state index in [1.54, 1.807) is 18.2 Å². The predicted molar refractivity (Wildman–Crippen MR) is 85.0 cm³/mol. The number of sulfone groups is 1.